The van der Waals surface area contributed by atoms with E-state index in [1.54, 1.807) is 0 Å². The minimum Gasteiger partial charge on any atom is -0.379 e. The van der Waals surface area contributed by atoms with Crippen molar-refractivity contribution in [3.63, 3.8) is 0 Å². The van der Waals surface area contributed by atoms with Gasteiger partial charge in [0.25, 0.3) is 5.91 Å². The van der Waals surface area contributed by atoms with Crippen molar-refractivity contribution >= 4 is 16.8 Å². The molecule has 0 bridgehead atoms. The van der Waals surface area contributed by atoms with E-state index in [-0.39, 0.29) is 11.9 Å². The molecule has 1 amide bonds. The molecule has 2 N–H and O–H groups in total. The number of carbonyl (C=O) groups is 1. The Kier molecular flexibility index (Phi) is 4.22. The quantitative estimate of drug-likeness (QED) is 0.898. The lowest BCUT2D eigenvalue weighted by Crippen LogP contribution is -2.46. The van der Waals surface area contributed by atoms with E-state index in [0.29, 0.717) is 0 Å². The molecule has 1 saturated heterocycles. The standard InChI is InChI=1S/C16H21N3O2/c1-12(11-19-7-9-21-10-8-19)18-16(20)14-3-2-4-15-13(14)5-6-17-15/h2-6,12,17H,7-11H2,1H3,(H,18,20). The van der Waals surface area contributed by atoms with Crippen LogP contribution in [-0.4, -0.2) is 54.7 Å². The second kappa shape index (κ2) is 6.28. The molecule has 21 heavy (non-hydrogen) atoms. The average Bonchev–Trinajstić information content (AvgIpc) is 2.96. The van der Waals surface area contributed by atoms with Gasteiger partial charge in [-0.05, 0) is 25.1 Å². The Morgan fingerprint density at radius 2 is 2.19 bits per heavy atom. The summed E-state index contributed by atoms with van der Waals surface area (Å²) in [5, 5.41) is 4.06. The van der Waals surface area contributed by atoms with Gasteiger partial charge in [-0.1, -0.05) is 6.07 Å². The molecular weight excluding hydrogens is 266 g/mol. The normalized spacial score (nSPS) is 17.8. The molecule has 1 atom stereocenters. The van der Waals surface area contributed by atoms with Crippen LogP contribution in [-0.2, 0) is 4.74 Å². The number of carbonyl (C=O) groups excluding carboxylic acids is 1. The fraction of sp³-hybridized carbons (Fsp3) is 0.438. The van der Waals surface area contributed by atoms with Crippen molar-refractivity contribution in [1.29, 1.82) is 0 Å². The first-order chi connectivity index (χ1) is 10.2. The summed E-state index contributed by atoms with van der Waals surface area (Å²) >= 11 is 0. The van der Waals surface area contributed by atoms with E-state index < -0.39 is 0 Å². The number of amides is 1. The number of aromatic amines is 1. The number of rotatable bonds is 4. The van der Waals surface area contributed by atoms with Crippen LogP contribution in [0.4, 0.5) is 0 Å². The number of ether oxygens (including phenoxy) is 1. The summed E-state index contributed by atoms with van der Waals surface area (Å²) in [6.07, 6.45) is 1.86. The van der Waals surface area contributed by atoms with Crippen LogP contribution in [0.2, 0.25) is 0 Å². The summed E-state index contributed by atoms with van der Waals surface area (Å²) in [5.74, 6) is -0.0130. The van der Waals surface area contributed by atoms with E-state index in [4.69, 9.17) is 4.74 Å². The first kappa shape index (κ1) is 14.1. The van der Waals surface area contributed by atoms with Crippen molar-refractivity contribution in [3.05, 3.63) is 36.0 Å². The highest BCUT2D eigenvalue weighted by Gasteiger charge is 2.17. The van der Waals surface area contributed by atoms with Gasteiger partial charge in [0.1, 0.15) is 0 Å². The number of morpholine rings is 1. The first-order valence-corrected chi connectivity index (χ1v) is 7.41. The Morgan fingerprint density at radius 1 is 1.38 bits per heavy atom. The smallest absolute Gasteiger partial charge is 0.252 e. The highest BCUT2D eigenvalue weighted by Crippen LogP contribution is 2.17. The summed E-state index contributed by atoms with van der Waals surface area (Å²) in [5.41, 5.74) is 1.71. The molecule has 5 nitrogen and oxygen atoms in total. The zero-order valence-corrected chi connectivity index (χ0v) is 12.3. The lowest BCUT2D eigenvalue weighted by atomic mass is 10.1. The summed E-state index contributed by atoms with van der Waals surface area (Å²) in [4.78, 5) is 17.9. The van der Waals surface area contributed by atoms with E-state index in [9.17, 15) is 4.79 Å². The molecule has 0 radical (unpaired) electrons. The Balaban J connectivity index is 1.64. The van der Waals surface area contributed by atoms with Crippen molar-refractivity contribution in [2.45, 2.75) is 13.0 Å². The van der Waals surface area contributed by atoms with E-state index in [1.807, 2.05) is 37.4 Å². The molecule has 1 aliphatic rings. The van der Waals surface area contributed by atoms with Crippen LogP contribution in [0.3, 0.4) is 0 Å². The van der Waals surface area contributed by atoms with Gasteiger partial charge in [-0.15, -0.1) is 0 Å². The Bertz CT molecular complexity index is 617. The molecule has 1 unspecified atom stereocenters. The van der Waals surface area contributed by atoms with Crippen LogP contribution in [0.1, 0.15) is 17.3 Å². The summed E-state index contributed by atoms with van der Waals surface area (Å²) in [7, 11) is 0. The van der Waals surface area contributed by atoms with Crippen molar-refractivity contribution < 1.29 is 9.53 Å². The van der Waals surface area contributed by atoms with Crippen molar-refractivity contribution in [2.24, 2.45) is 0 Å². The fourth-order valence-electron chi connectivity index (χ4n) is 2.80. The maximum Gasteiger partial charge on any atom is 0.252 e. The van der Waals surface area contributed by atoms with Crippen LogP contribution in [0.5, 0.6) is 0 Å². The molecule has 3 rings (SSSR count). The Hall–Kier alpha value is -1.85. The minimum absolute atomic E-state index is 0.0130. The third-order valence-corrected chi connectivity index (χ3v) is 3.85. The Labute approximate surface area is 124 Å². The van der Waals surface area contributed by atoms with Gasteiger partial charge in [-0.3, -0.25) is 9.69 Å². The predicted molar refractivity (Wildman–Crippen MR) is 82.5 cm³/mol. The van der Waals surface area contributed by atoms with Crippen molar-refractivity contribution in [1.82, 2.24) is 15.2 Å². The third kappa shape index (κ3) is 3.25. The molecule has 1 aromatic carbocycles. The molecule has 1 aliphatic heterocycles. The van der Waals surface area contributed by atoms with Gasteiger partial charge in [0, 0.05) is 48.3 Å². The van der Waals surface area contributed by atoms with Gasteiger partial charge in [-0.25, -0.2) is 0 Å². The zero-order chi connectivity index (χ0) is 14.7. The lowest BCUT2D eigenvalue weighted by Gasteiger charge is -2.29. The van der Waals surface area contributed by atoms with Gasteiger partial charge in [0.2, 0.25) is 0 Å². The van der Waals surface area contributed by atoms with Crippen LogP contribution in [0, 0.1) is 0 Å². The van der Waals surface area contributed by atoms with Crippen LogP contribution in [0.15, 0.2) is 30.5 Å². The van der Waals surface area contributed by atoms with Crippen molar-refractivity contribution in [2.75, 3.05) is 32.8 Å². The number of hydrogen-bond donors (Lipinski definition) is 2. The van der Waals surface area contributed by atoms with E-state index in [1.165, 1.54) is 0 Å². The number of nitrogens with zero attached hydrogens (tertiary/aromatic N) is 1. The fourth-order valence-corrected chi connectivity index (χ4v) is 2.80. The monoisotopic (exact) mass is 287 g/mol. The molecule has 5 heteroatoms. The maximum absolute atomic E-state index is 12.4. The predicted octanol–water partition coefficient (Wildman–Crippen LogP) is 1.62. The minimum atomic E-state index is -0.0130. The molecule has 0 saturated carbocycles. The maximum atomic E-state index is 12.4. The second-order valence-electron chi connectivity index (χ2n) is 5.53. The first-order valence-electron chi connectivity index (χ1n) is 7.41. The number of nitrogens with one attached hydrogen (secondary N) is 2. The molecule has 2 heterocycles. The molecule has 1 aromatic heterocycles. The summed E-state index contributed by atoms with van der Waals surface area (Å²) < 4.78 is 5.34. The molecule has 0 spiro atoms. The van der Waals surface area contributed by atoms with E-state index >= 15 is 0 Å². The highest BCUT2D eigenvalue weighted by molar-refractivity contribution is 6.06. The number of H-pyrrole nitrogens is 1. The topological polar surface area (TPSA) is 57.4 Å². The van der Waals surface area contributed by atoms with Crippen molar-refractivity contribution in [3.8, 4) is 0 Å². The molecule has 2 aromatic rings. The second-order valence-corrected chi connectivity index (χ2v) is 5.53. The highest BCUT2D eigenvalue weighted by atomic mass is 16.5. The average molecular weight is 287 g/mol. The van der Waals surface area contributed by atoms with Gasteiger partial charge in [0.15, 0.2) is 0 Å². The van der Waals surface area contributed by atoms with E-state index in [2.05, 4.69) is 15.2 Å². The van der Waals surface area contributed by atoms with Gasteiger partial charge in [0.05, 0.1) is 13.2 Å². The van der Waals surface area contributed by atoms with Crippen LogP contribution >= 0.6 is 0 Å². The number of benzene rings is 1. The van der Waals surface area contributed by atoms with Crippen LogP contribution in [0.25, 0.3) is 10.9 Å². The molecule has 112 valence electrons. The van der Waals surface area contributed by atoms with Gasteiger partial charge in [-0.2, -0.15) is 0 Å². The number of hydrogen-bond acceptors (Lipinski definition) is 3. The van der Waals surface area contributed by atoms with Crippen LogP contribution < -0.4 is 5.32 Å². The van der Waals surface area contributed by atoms with E-state index in [0.717, 1.165) is 49.3 Å². The Morgan fingerprint density at radius 3 is 3.00 bits per heavy atom. The zero-order valence-electron chi connectivity index (χ0n) is 12.3. The summed E-state index contributed by atoms with van der Waals surface area (Å²) in [6, 6.07) is 7.80. The number of fused-ring (bicyclic) bond motifs is 1. The molecule has 1 fully saturated rings. The largest absolute Gasteiger partial charge is 0.379 e. The summed E-state index contributed by atoms with van der Waals surface area (Å²) in [6.45, 7) is 6.34. The van der Waals surface area contributed by atoms with Gasteiger partial charge >= 0.3 is 0 Å². The number of aromatic nitrogens is 1. The lowest BCUT2D eigenvalue weighted by molar-refractivity contribution is 0.0342. The molecule has 0 aliphatic carbocycles. The van der Waals surface area contributed by atoms with Gasteiger partial charge < -0.3 is 15.0 Å². The SMILES string of the molecule is CC(CN1CCOCC1)NC(=O)c1cccc2[nH]ccc12. The molecular formula is C16H21N3O2. The third-order valence-electron chi connectivity index (χ3n) is 3.85.